The summed E-state index contributed by atoms with van der Waals surface area (Å²) in [7, 11) is 0. The lowest BCUT2D eigenvalue weighted by Gasteiger charge is -2.30. The summed E-state index contributed by atoms with van der Waals surface area (Å²) >= 11 is 0. The minimum atomic E-state index is -0.633. The number of aromatic nitrogens is 1. The highest BCUT2D eigenvalue weighted by Crippen LogP contribution is 2.25. The molecule has 0 N–H and O–H groups in total. The number of carbonyl (C=O) groups is 1. The van der Waals surface area contributed by atoms with Gasteiger partial charge in [0.05, 0.1) is 17.1 Å². The predicted octanol–water partition coefficient (Wildman–Crippen LogP) is 3.30. The summed E-state index contributed by atoms with van der Waals surface area (Å²) in [5.74, 6) is -0.552. The number of esters is 1. The number of pyridine rings is 1. The van der Waals surface area contributed by atoms with Gasteiger partial charge in [-0.3, -0.25) is 15.0 Å². The highest BCUT2D eigenvalue weighted by atomic mass is 16.6. The summed E-state index contributed by atoms with van der Waals surface area (Å²) in [6.07, 6.45) is 1.24. The van der Waals surface area contributed by atoms with E-state index in [9.17, 15) is 14.9 Å². The van der Waals surface area contributed by atoms with Crippen LogP contribution in [0.1, 0.15) is 51.9 Å². The van der Waals surface area contributed by atoms with Gasteiger partial charge in [0.1, 0.15) is 6.61 Å². The zero-order valence-electron chi connectivity index (χ0n) is 16.4. The zero-order chi connectivity index (χ0) is 19.9. The molecule has 0 saturated heterocycles. The number of ether oxygens (including phenoxy) is 2. The molecular weight excluding hydrogens is 338 g/mol. The van der Waals surface area contributed by atoms with Crippen LogP contribution < -0.4 is 4.74 Å². The molecule has 1 aromatic rings. The molecule has 8 nitrogen and oxygen atoms in total. The first-order chi connectivity index (χ1) is 12.1. The Bertz CT molecular complexity index is 609. The standard InChI is InChI=1S/C18H29N3O5/c1-12(2)11-26-18(22)15-9-16(21(23)24)17(19-10-15)25-8-7-20(13(3)4)14(5)6/h9-10,12-14H,7-8,11H2,1-6H3. The van der Waals surface area contributed by atoms with Crippen molar-refractivity contribution in [3.63, 3.8) is 0 Å². The van der Waals surface area contributed by atoms with E-state index in [1.165, 1.54) is 6.20 Å². The summed E-state index contributed by atoms with van der Waals surface area (Å²) in [4.78, 5) is 28.8. The Balaban J connectivity index is 2.83. The van der Waals surface area contributed by atoms with Crippen LogP contribution in [0, 0.1) is 16.0 Å². The van der Waals surface area contributed by atoms with E-state index in [1.54, 1.807) is 0 Å². The van der Waals surface area contributed by atoms with E-state index in [4.69, 9.17) is 9.47 Å². The van der Waals surface area contributed by atoms with Crippen LogP contribution in [0.5, 0.6) is 5.88 Å². The molecule has 1 heterocycles. The van der Waals surface area contributed by atoms with Crippen LogP contribution >= 0.6 is 0 Å². The molecule has 1 aromatic heterocycles. The van der Waals surface area contributed by atoms with Crippen molar-refractivity contribution in [2.45, 2.75) is 53.6 Å². The first kappa shape index (κ1) is 21.8. The molecule has 1 rings (SSSR count). The van der Waals surface area contributed by atoms with E-state index >= 15 is 0 Å². The molecule has 0 aliphatic heterocycles. The molecule has 8 heteroatoms. The van der Waals surface area contributed by atoms with Gasteiger partial charge in [-0.1, -0.05) is 13.8 Å². The Morgan fingerprint density at radius 2 is 1.85 bits per heavy atom. The summed E-state index contributed by atoms with van der Waals surface area (Å²) < 4.78 is 10.6. The molecule has 26 heavy (non-hydrogen) atoms. The van der Waals surface area contributed by atoms with E-state index in [2.05, 4.69) is 37.6 Å². The second-order valence-corrected chi connectivity index (χ2v) is 7.07. The van der Waals surface area contributed by atoms with Gasteiger partial charge < -0.3 is 9.47 Å². The van der Waals surface area contributed by atoms with Gasteiger partial charge in [0.15, 0.2) is 0 Å². The minimum absolute atomic E-state index is 0.0377. The van der Waals surface area contributed by atoms with E-state index in [0.29, 0.717) is 18.6 Å². The summed E-state index contributed by atoms with van der Waals surface area (Å²) in [6, 6.07) is 1.81. The first-order valence-corrected chi connectivity index (χ1v) is 8.83. The Morgan fingerprint density at radius 3 is 2.35 bits per heavy atom. The maximum atomic E-state index is 12.0. The Morgan fingerprint density at radius 1 is 1.23 bits per heavy atom. The van der Waals surface area contributed by atoms with Crippen LogP contribution in [0.15, 0.2) is 12.3 Å². The lowest BCUT2D eigenvalue weighted by Crippen LogP contribution is -2.39. The molecule has 0 aliphatic carbocycles. The molecule has 0 aromatic carbocycles. The third-order valence-corrected chi connectivity index (χ3v) is 3.73. The SMILES string of the molecule is CC(C)COC(=O)c1cnc(OCCN(C(C)C)C(C)C)c([N+](=O)[O-])c1. The molecular formula is C18H29N3O5. The quantitative estimate of drug-likeness (QED) is 0.356. The average Bonchev–Trinajstić information content (AvgIpc) is 2.55. The van der Waals surface area contributed by atoms with Crippen LogP contribution in [0.4, 0.5) is 5.69 Å². The maximum absolute atomic E-state index is 12.0. The molecule has 0 amide bonds. The van der Waals surface area contributed by atoms with Crippen molar-refractivity contribution in [3.8, 4) is 5.88 Å². The molecule has 0 saturated carbocycles. The molecule has 0 bridgehead atoms. The molecule has 0 unspecified atom stereocenters. The fraction of sp³-hybridized carbons (Fsp3) is 0.667. The van der Waals surface area contributed by atoms with Gasteiger partial charge in [0.2, 0.25) is 0 Å². The van der Waals surface area contributed by atoms with Gasteiger partial charge >= 0.3 is 11.7 Å². The Kier molecular flexibility index (Phi) is 8.44. The summed E-state index contributed by atoms with van der Waals surface area (Å²) in [6.45, 7) is 13.3. The summed E-state index contributed by atoms with van der Waals surface area (Å²) in [5.41, 5.74) is -0.305. The number of hydrogen-bond acceptors (Lipinski definition) is 7. The topological polar surface area (TPSA) is 94.8 Å². The van der Waals surface area contributed by atoms with Crippen molar-refractivity contribution in [2.75, 3.05) is 19.8 Å². The number of nitrogens with zero attached hydrogens (tertiary/aromatic N) is 3. The lowest BCUT2D eigenvalue weighted by atomic mass is 10.2. The van der Waals surface area contributed by atoms with Crippen LogP contribution in [0.2, 0.25) is 0 Å². The molecule has 146 valence electrons. The Hall–Kier alpha value is -2.22. The lowest BCUT2D eigenvalue weighted by molar-refractivity contribution is -0.386. The van der Waals surface area contributed by atoms with Crippen LogP contribution in [0.3, 0.4) is 0 Å². The van der Waals surface area contributed by atoms with Crippen molar-refractivity contribution in [2.24, 2.45) is 5.92 Å². The third kappa shape index (κ3) is 6.59. The predicted molar refractivity (Wildman–Crippen MR) is 98.5 cm³/mol. The van der Waals surface area contributed by atoms with Crippen molar-refractivity contribution < 1.29 is 19.2 Å². The number of rotatable bonds is 10. The fourth-order valence-corrected chi connectivity index (χ4v) is 2.48. The van der Waals surface area contributed by atoms with E-state index in [-0.39, 0.29) is 36.3 Å². The van der Waals surface area contributed by atoms with E-state index < -0.39 is 10.9 Å². The van der Waals surface area contributed by atoms with Gasteiger partial charge in [0, 0.05) is 30.9 Å². The van der Waals surface area contributed by atoms with Gasteiger partial charge in [-0.2, -0.15) is 0 Å². The van der Waals surface area contributed by atoms with Crippen molar-refractivity contribution in [3.05, 3.63) is 27.9 Å². The molecule has 0 spiro atoms. The first-order valence-electron chi connectivity index (χ1n) is 8.83. The Labute approximate surface area is 154 Å². The largest absolute Gasteiger partial charge is 0.471 e. The van der Waals surface area contributed by atoms with Gasteiger partial charge in [-0.25, -0.2) is 9.78 Å². The fourth-order valence-electron chi connectivity index (χ4n) is 2.48. The zero-order valence-corrected chi connectivity index (χ0v) is 16.4. The maximum Gasteiger partial charge on any atom is 0.339 e. The van der Waals surface area contributed by atoms with Gasteiger partial charge in [-0.05, 0) is 33.6 Å². The van der Waals surface area contributed by atoms with Crippen molar-refractivity contribution >= 4 is 11.7 Å². The minimum Gasteiger partial charge on any atom is -0.471 e. The highest BCUT2D eigenvalue weighted by Gasteiger charge is 2.22. The molecule has 0 atom stereocenters. The number of hydrogen-bond donors (Lipinski definition) is 0. The second-order valence-electron chi connectivity index (χ2n) is 7.07. The van der Waals surface area contributed by atoms with Gasteiger partial charge in [-0.15, -0.1) is 0 Å². The summed E-state index contributed by atoms with van der Waals surface area (Å²) in [5, 5.41) is 11.3. The highest BCUT2D eigenvalue weighted by molar-refractivity contribution is 5.90. The van der Waals surface area contributed by atoms with Crippen LogP contribution in [-0.4, -0.2) is 52.6 Å². The van der Waals surface area contributed by atoms with Gasteiger partial charge in [0.25, 0.3) is 5.88 Å². The van der Waals surface area contributed by atoms with Crippen molar-refractivity contribution in [1.82, 2.24) is 9.88 Å². The number of nitro groups is 1. The van der Waals surface area contributed by atoms with Crippen LogP contribution in [0.25, 0.3) is 0 Å². The van der Waals surface area contributed by atoms with E-state index in [1.807, 2.05) is 13.8 Å². The van der Waals surface area contributed by atoms with Crippen molar-refractivity contribution in [1.29, 1.82) is 0 Å². The number of carbonyl (C=O) groups excluding carboxylic acids is 1. The molecule has 0 radical (unpaired) electrons. The average molecular weight is 367 g/mol. The second kappa shape index (κ2) is 10.1. The normalized spacial score (nSPS) is 11.5. The monoisotopic (exact) mass is 367 g/mol. The van der Waals surface area contributed by atoms with Crippen LogP contribution in [-0.2, 0) is 4.74 Å². The molecule has 0 aliphatic rings. The third-order valence-electron chi connectivity index (χ3n) is 3.73. The van der Waals surface area contributed by atoms with E-state index in [0.717, 1.165) is 6.07 Å². The molecule has 0 fully saturated rings. The smallest absolute Gasteiger partial charge is 0.339 e.